The Morgan fingerprint density at radius 2 is 2.06 bits per heavy atom. The molecule has 0 unspecified atom stereocenters. The largest absolute Gasteiger partial charge is 0.269 e. The lowest BCUT2D eigenvalue weighted by Gasteiger charge is -2.12. The third kappa shape index (κ3) is 1.56. The molecule has 6 heteroatoms. The highest BCUT2D eigenvalue weighted by atomic mass is 79.9. The van der Waals surface area contributed by atoms with Crippen molar-refractivity contribution in [2.75, 3.05) is 6.54 Å². The van der Waals surface area contributed by atoms with E-state index in [1.54, 1.807) is 6.07 Å². The van der Waals surface area contributed by atoms with Crippen molar-refractivity contribution in [1.82, 2.24) is 4.31 Å². The molecule has 0 aliphatic carbocycles. The van der Waals surface area contributed by atoms with Crippen LogP contribution in [0.2, 0.25) is 0 Å². The van der Waals surface area contributed by atoms with E-state index in [1.165, 1.54) is 12.1 Å². The molecule has 2 rings (SSSR count). The van der Waals surface area contributed by atoms with Crippen molar-refractivity contribution in [2.24, 2.45) is 0 Å². The predicted octanol–water partition coefficient (Wildman–Crippen LogP) is 2.00. The summed E-state index contributed by atoms with van der Waals surface area (Å²) in [6.07, 6.45) is 0.611. The molecular weight excluding hydrogens is 294 g/mol. The first-order chi connectivity index (χ1) is 7.48. The van der Waals surface area contributed by atoms with Gasteiger partial charge in [0.25, 0.3) is 15.9 Å². The number of benzene rings is 1. The Bertz CT molecular complexity index is 553. The van der Waals surface area contributed by atoms with Crippen LogP contribution < -0.4 is 0 Å². The molecule has 1 aromatic carbocycles. The maximum atomic E-state index is 12.0. The molecule has 1 aromatic rings. The highest BCUT2D eigenvalue weighted by Gasteiger charge is 2.40. The van der Waals surface area contributed by atoms with Gasteiger partial charge in [-0.15, -0.1) is 0 Å². The molecular formula is C10H10BrNO3S. The van der Waals surface area contributed by atoms with Crippen LogP contribution in [-0.4, -0.2) is 25.2 Å². The van der Waals surface area contributed by atoms with Crippen LogP contribution in [0.1, 0.15) is 23.7 Å². The lowest BCUT2D eigenvalue weighted by Crippen LogP contribution is -2.30. The molecule has 0 saturated heterocycles. The minimum Gasteiger partial charge on any atom is -0.268 e. The second kappa shape index (κ2) is 3.85. The summed E-state index contributed by atoms with van der Waals surface area (Å²) in [5.41, 5.74) is 0.261. The quantitative estimate of drug-likeness (QED) is 0.840. The van der Waals surface area contributed by atoms with Gasteiger partial charge in [-0.1, -0.05) is 22.9 Å². The molecule has 0 N–H and O–H groups in total. The van der Waals surface area contributed by atoms with Crippen LogP contribution in [0.15, 0.2) is 27.6 Å². The minimum absolute atomic E-state index is 0.0975. The van der Waals surface area contributed by atoms with Gasteiger partial charge in [0.2, 0.25) is 0 Å². The van der Waals surface area contributed by atoms with Gasteiger partial charge >= 0.3 is 0 Å². The Kier molecular flexibility index (Phi) is 2.79. The lowest BCUT2D eigenvalue weighted by atomic mass is 10.2. The molecule has 4 nitrogen and oxygen atoms in total. The molecule has 0 bridgehead atoms. The van der Waals surface area contributed by atoms with E-state index >= 15 is 0 Å². The van der Waals surface area contributed by atoms with Gasteiger partial charge in [0.05, 0.1) is 5.56 Å². The second-order valence-electron chi connectivity index (χ2n) is 3.52. The molecule has 16 heavy (non-hydrogen) atoms. The van der Waals surface area contributed by atoms with Crippen molar-refractivity contribution >= 4 is 31.9 Å². The van der Waals surface area contributed by atoms with Crippen molar-refractivity contribution in [2.45, 2.75) is 18.2 Å². The van der Waals surface area contributed by atoms with Gasteiger partial charge in [-0.3, -0.25) is 4.79 Å². The number of fused-ring (bicyclic) bond motifs is 1. The number of carbonyl (C=O) groups excluding carboxylic acids is 1. The van der Waals surface area contributed by atoms with Crippen LogP contribution in [0.4, 0.5) is 0 Å². The Balaban J connectivity index is 2.63. The summed E-state index contributed by atoms with van der Waals surface area (Å²) >= 11 is 3.20. The van der Waals surface area contributed by atoms with Crippen molar-refractivity contribution in [3.05, 3.63) is 28.2 Å². The molecule has 86 valence electrons. The predicted molar refractivity (Wildman–Crippen MR) is 62.7 cm³/mol. The Hall–Kier alpha value is -0.880. The number of hydrogen-bond acceptors (Lipinski definition) is 3. The minimum atomic E-state index is -3.63. The van der Waals surface area contributed by atoms with Crippen LogP contribution in [0.5, 0.6) is 0 Å². The summed E-state index contributed by atoms with van der Waals surface area (Å²) in [4.78, 5) is 11.9. The Labute approximate surface area is 102 Å². The van der Waals surface area contributed by atoms with E-state index in [0.29, 0.717) is 10.9 Å². The fourth-order valence-corrected chi connectivity index (χ4v) is 3.87. The van der Waals surface area contributed by atoms with Crippen LogP contribution in [0, 0.1) is 0 Å². The number of carbonyl (C=O) groups is 1. The maximum absolute atomic E-state index is 12.0. The first kappa shape index (κ1) is 11.6. The summed E-state index contributed by atoms with van der Waals surface area (Å²) in [7, 11) is -3.63. The summed E-state index contributed by atoms with van der Waals surface area (Å²) in [5.74, 6) is -0.427. The van der Waals surface area contributed by atoms with E-state index in [4.69, 9.17) is 0 Å². The average molecular weight is 304 g/mol. The molecule has 1 aliphatic heterocycles. The van der Waals surface area contributed by atoms with E-state index in [0.717, 1.165) is 4.31 Å². The number of hydrogen-bond donors (Lipinski definition) is 0. The zero-order valence-corrected chi connectivity index (χ0v) is 11.0. The second-order valence-corrected chi connectivity index (χ2v) is 6.27. The molecule has 1 aliphatic rings. The summed E-state index contributed by atoms with van der Waals surface area (Å²) < 4.78 is 25.6. The molecule has 1 amide bonds. The molecule has 0 aromatic heterocycles. The fraction of sp³-hybridized carbons (Fsp3) is 0.300. The van der Waals surface area contributed by atoms with Crippen LogP contribution in [0.25, 0.3) is 0 Å². The number of sulfonamides is 1. The van der Waals surface area contributed by atoms with E-state index in [-0.39, 0.29) is 17.0 Å². The van der Waals surface area contributed by atoms with Gasteiger partial charge in [0, 0.05) is 11.0 Å². The third-order valence-electron chi connectivity index (χ3n) is 2.40. The molecule has 0 atom stereocenters. The highest BCUT2D eigenvalue weighted by molar-refractivity contribution is 9.10. The van der Waals surface area contributed by atoms with Crippen molar-refractivity contribution in [3.63, 3.8) is 0 Å². The van der Waals surface area contributed by atoms with Crippen molar-refractivity contribution in [3.8, 4) is 0 Å². The van der Waals surface area contributed by atoms with Gasteiger partial charge in [0.15, 0.2) is 0 Å². The van der Waals surface area contributed by atoms with Gasteiger partial charge in [-0.25, -0.2) is 12.7 Å². The van der Waals surface area contributed by atoms with Crippen molar-refractivity contribution in [1.29, 1.82) is 0 Å². The summed E-state index contributed by atoms with van der Waals surface area (Å²) in [6.45, 7) is 2.06. The Morgan fingerprint density at radius 3 is 2.69 bits per heavy atom. The zero-order chi connectivity index (χ0) is 11.9. The van der Waals surface area contributed by atoms with E-state index in [1.807, 2.05) is 6.92 Å². The standard InChI is InChI=1S/C10H10BrNO3S/c1-2-5-12-10(13)8-4-3-7(11)6-9(8)16(12,14)15/h3-4,6H,2,5H2,1H3. The van der Waals surface area contributed by atoms with Gasteiger partial charge in [0.1, 0.15) is 4.90 Å². The molecule has 0 radical (unpaired) electrons. The highest BCUT2D eigenvalue weighted by Crippen LogP contribution is 2.32. The van der Waals surface area contributed by atoms with Crippen LogP contribution in [0.3, 0.4) is 0 Å². The first-order valence-corrected chi connectivity index (χ1v) is 7.08. The smallest absolute Gasteiger partial charge is 0.268 e. The average Bonchev–Trinajstić information content (AvgIpc) is 2.40. The van der Waals surface area contributed by atoms with Gasteiger partial charge in [-0.05, 0) is 24.6 Å². The van der Waals surface area contributed by atoms with E-state index in [2.05, 4.69) is 15.9 Å². The fourth-order valence-electron chi connectivity index (χ4n) is 1.67. The number of halogens is 1. The molecule has 0 fully saturated rings. The van der Waals surface area contributed by atoms with Gasteiger partial charge < -0.3 is 0 Å². The summed E-state index contributed by atoms with van der Waals surface area (Å²) in [5, 5.41) is 0. The topological polar surface area (TPSA) is 54.5 Å². The number of amides is 1. The first-order valence-electron chi connectivity index (χ1n) is 4.85. The molecule has 1 heterocycles. The van der Waals surface area contributed by atoms with Crippen LogP contribution in [-0.2, 0) is 10.0 Å². The lowest BCUT2D eigenvalue weighted by molar-refractivity contribution is 0.0871. The monoisotopic (exact) mass is 303 g/mol. The van der Waals surface area contributed by atoms with Gasteiger partial charge in [-0.2, -0.15) is 0 Å². The molecule has 0 spiro atoms. The third-order valence-corrected chi connectivity index (χ3v) is 4.71. The normalized spacial score (nSPS) is 17.6. The summed E-state index contributed by atoms with van der Waals surface area (Å²) in [6, 6.07) is 4.68. The maximum Gasteiger partial charge on any atom is 0.269 e. The molecule has 0 saturated carbocycles. The zero-order valence-electron chi connectivity index (χ0n) is 8.60. The number of nitrogens with zero attached hydrogens (tertiary/aromatic N) is 1. The van der Waals surface area contributed by atoms with Crippen LogP contribution >= 0.6 is 15.9 Å². The Morgan fingerprint density at radius 1 is 1.38 bits per heavy atom. The van der Waals surface area contributed by atoms with E-state index < -0.39 is 15.9 Å². The van der Waals surface area contributed by atoms with Crippen molar-refractivity contribution < 1.29 is 13.2 Å². The number of rotatable bonds is 2. The SMILES string of the molecule is CCCN1C(=O)c2ccc(Br)cc2S1(=O)=O. The van der Waals surface area contributed by atoms with E-state index in [9.17, 15) is 13.2 Å².